The lowest BCUT2D eigenvalue weighted by molar-refractivity contribution is -0.140. The van der Waals surface area contributed by atoms with E-state index in [1.165, 1.54) is 58.5 Å². The van der Waals surface area contributed by atoms with Gasteiger partial charge in [-0.05, 0) is 77.0 Å². The Morgan fingerprint density at radius 3 is 1.18 bits per heavy atom. The van der Waals surface area contributed by atoms with Crippen LogP contribution in [0, 0.1) is 0 Å². The molecule has 0 N–H and O–H groups in total. The minimum atomic E-state index is -1.33. The first kappa shape index (κ1) is 41.6. The largest absolute Gasteiger partial charge is 0.509 e. The fraction of sp³-hybridized carbons (Fsp3) is 0.718. The van der Waals surface area contributed by atoms with Crippen molar-refractivity contribution in [2.75, 3.05) is 7.11 Å². The smallest absolute Gasteiger partial charge is 0.438 e. The van der Waals surface area contributed by atoms with Gasteiger partial charge < -0.3 is 9.47 Å². The van der Waals surface area contributed by atoms with Gasteiger partial charge in [-0.1, -0.05) is 127 Å². The summed E-state index contributed by atoms with van der Waals surface area (Å²) in [6.45, 7) is 4.46. The zero-order chi connectivity index (χ0) is 32.4. The molecule has 0 aromatic heterocycles. The number of hydrogen-bond acceptors (Lipinski definition) is 5. The second kappa shape index (κ2) is 33.5. The third-order valence-corrected chi connectivity index (χ3v) is 7.71. The molecule has 0 heterocycles. The number of hydrogen-bond donors (Lipinski definition) is 0. The molecule has 0 aliphatic carbocycles. The molecule has 0 radical (unpaired) electrons. The maximum absolute atomic E-state index is 12.8. The van der Waals surface area contributed by atoms with Gasteiger partial charge >= 0.3 is 6.16 Å². The third-order valence-electron chi connectivity index (χ3n) is 7.71. The second-order valence-electron chi connectivity index (χ2n) is 11.8. The van der Waals surface area contributed by atoms with Crippen molar-refractivity contribution in [3.8, 4) is 0 Å². The summed E-state index contributed by atoms with van der Waals surface area (Å²) in [5, 5.41) is 0. The number of allylic oxidation sites excluding steroid dienone is 8. The van der Waals surface area contributed by atoms with Gasteiger partial charge in [0.2, 0.25) is 6.10 Å². The van der Waals surface area contributed by atoms with E-state index >= 15 is 0 Å². The molecule has 0 unspecified atom stereocenters. The van der Waals surface area contributed by atoms with E-state index in [0.29, 0.717) is 12.8 Å². The van der Waals surface area contributed by atoms with E-state index in [9.17, 15) is 14.4 Å². The molecule has 5 heteroatoms. The van der Waals surface area contributed by atoms with E-state index in [1.807, 2.05) is 0 Å². The average molecular weight is 615 g/mol. The maximum Gasteiger partial charge on any atom is 0.509 e. The van der Waals surface area contributed by atoms with Crippen LogP contribution in [0.1, 0.15) is 168 Å². The van der Waals surface area contributed by atoms with Crippen LogP contribution in [0.2, 0.25) is 0 Å². The third kappa shape index (κ3) is 28.3. The normalized spacial score (nSPS) is 12.0. The Labute approximate surface area is 271 Å². The molecule has 0 spiro atoms. The fourth-order valence-electron chi connectivity index (χ4n) is 4.94. The van der Waals surface area contributed by atoms with Crippen LogP contribution in [0.4, 0.5) is 4.79 Å². The van der Waals surface area contributed by atoms with Gasteiger partial charge in [0, 0.05) is 12.8 Å². The van der Waals surface area contributed by atoms with Gasteiger partial charge in [0.05, 0.1) is 7.11 Å². The number of carbonyl (C=O) groups excluding carboxylic acids is 3. The summed E-state index contributed by atoms with van der Waals surface area (Å²) >= 11 is 0. The Kier molecular flexibility index (Phi) is 31.6. The molecular formula is C39H66O5. The van der Waals surface area contributed by atoms with Crippen molar-refractivity contribution in [2.24, 2.45) is 0 Å². The molecule has 0 aromatic carbocycles. The van der Waals surface area contributed by atoms with E-state index in [2.05, 4.69) is 67.2 Å². The van der Waals surface area contributed by atoms with Gasteiger partial charge in [-0.2, -0.15) is 0 Å². The molecule has 252 valence electrons. The Balaban J connectivity index is 4.03. The highest BCUT2D eigenvalue weighted by atomic mass is 16.7. The molecule has 0 aliphatic rings. The van der Waals surface area contributed by atoms with Crippen LogP contribution in [0.25, 0.3) is 0 Å². The molecule has 0 aromatic rings. The molecule has 0 saturated heterocycles. The lowest BCUT2D eigenvalue weighted by atomic mass is 9.99. The highest BCUT2D eigenvalue weighted by molar-refractivity contribution is 6.06. The predicted octanol–water partition coefficient (Wildman–Crippen LogP) is 11.9. The molecule has 0 rings (SSSR count). The van der Waals surface area contributed by atoms with Crippen LogP contribution in [-0.2, 0) is 19.1 Å². The van der Waals surface area contributed by atoms with Crippen LogP contribution in [0.3, 0.4) is 0 Å². The van der Waals surface area contributed by atoms with Gasteiger partial charge in [0.25, 0.3) is 0 Å². The quantitative estimate of drug-likeness (QED) is 0.0336. The first-order chi connectivity index (χ1) is 21.6. The van der Waals surface area contributed by atoms with Crippen molar-refractivity contribution in [2.45, 2.75) is 174 Å². The Morgan fingerprint density at radius 1 is 0.477 bits per heavy atom. The second-order valence-corrected chi connectivity index (χ2v) is 11.8. The van der Waals surface area contributed by atoms with Crippen molar-refractivity contribution in [3.05, 3.63) is 48.6 Å². The molecule has 44 heavy (non-hydrogen) atoms. The molecule has 5 nitrogen and oxygen atoms in total. The zero-order valence-electron chi connectivity index (χ0n) is 28.7. The minimum absolute atomic E-state index is 0.250. The molecule has 0 bridgehead atoms. The summed E-state index contributed by atoms with van der Waals surface area (Å²) in [7, 11) is 1.19. The SMILES string of the molecule is CCCCC/C=C\C/C=C\CCCCCCCC(=O)C(OC(=O)OC)C(=O)CCCCCCC/C=C\C/C=C\CCCCC. The number of ether oxygens (including phenoxy) is 2. The molecule has 0 amide bonds. The van der Waals surface area contributed by atoms with Crippen molar-refractivity contribution < 1.29 is 23.9 Å². The van der Waals surface area contributed by atoms with Gasteiger partial charge in [-0.25, -0.2) is 4.79 Å². The highest BCUT2D eigenvalue weighted by Crippen LogP contribution is 2.14. The van der Waals surface area contributed by atoms with Gasteiger partial charge in [-0.15, -0.1) is 0 Å². The van der Waals surface area contributed by atoms with Crippen molar-refractivity contribution >= 4 is 17.7 Å². The maximum atomic E-state index is 12.8. The molecule has 0 saturated carbocycles. The van der Waals surface area contributed by atoms with E-state index in [0.717, 1.165) is 77.0 Å². The van der Waals surface area contributed by atoms with Crippen molar-refractivity contribution in [3.63, 3.8) is 0 Å². The van der Waals surface area contributed by atoms with Gasteiger partial charge in [-0.3, -0.25) is 9.59 Å². The van der Waals surface area contributed by atoms with Gasteiger partial charge in [0.1, 0.15) is 0 Å². The first-order valence-electron chi connectivity index (χ1n) is 18.0. The highest BCUT2D eigenvalue weighted by Gasteiger charge is 2.29. The van der Waals surface area contributed by atoms with Crippen LogP contribution < -0.4 is 0 Å². The lowest BCUT2D eigenvalue weighted by Gasteiger charge is -2.15. The summed E-state index contributed by atoms with van der Waals surface area (Å²) in [6.07, 6.45) is 40.5. The first-order valence-corrected chi connectivity index (χ1v) is 18.0. The topological polar surface area (TPSA) is 69.7 Å². The van der Waals surface area contributed by atoms with Crippen LogP contribution >= 0.6 is 0 Å². The van der Waals surface area contributed by atoms with E-state index in [-0.39, 0.29) is 24.4 Å². The Bertz CT molecular complexity index is 749. The molecule has 0 fully saturated rings. The zero-order valence-corrected chi connectivity index (χ0v) is 28.7. The Hall–Kier alpha value is -2.43. The number of unbranched alkanes of at least 4 members (excludes halogenated alkanes) is 16. The summed E-state index contributed by atoms with van der Waals surface area (Å²) in [5.41, 5.74) is 0. The number of ketones is 2. The number of rotatable bonds is 31. The Morgan fingerprint density at radius 2 is 0.818 bits per heavy atom. The van der Waals surface area contributed by atoms with Crippen molar-refractivity contribution in [1.82, 2.24) is 0 Å². The standard InChI is InChI=1S/C39H66O5/c1-4-6-8-10-12-14-16-18-20-22-24-26-28-30-32-34-36(40)38(44-39(42)43-3)37(41)35-33-31-29-27-25-23-21-19-17-15-13-11-9-7-5-2/h12-15,18-21,38H,4-11,16-17,22-35H2,1-3H3/b14-12-,15-13-,20-18-,21-19-. The van der Waals surface area contributed by atoms with E-state index in [1.54, 1.807) is 0 Å². The van der Waals surface area contributed by atoms with Gasteiger partial charge in [0.15, 0.2) is 11.6 Å². The minimum Gasteiger partial charge on any atom is -0.438 e. The van der Waals surface area contributed by atoms with E-state index in [4.69, 9.17) is 4.74 Å². The summed E-state index contributed by atoms with van der Waals surface area (Å²) < 4.78 is 9.65. The summed E-state index contributed by atoms with van der Waals surface area (Å²) in [4.78, 5) is 37.2. The number of carbonyl (C=O) groups is 3. The lowest BCUT2D eigenvalue weighted by Crippen LogP contribution is -2.35. The monoisotopic (exact) mass is 614 g/mol. The number of methoxy groups -OCH3 is 1. The van der Waals surface area contributed by atoms with Crippen LogP contribution in [-0.4, -0.2) is 30.9 Å². The van der Waals surface area contributed by atoms with E-state index < -0.39 is 12.3 Å². The average Bonchev–Trinajstić information content (AvgIpc) is 3.03. The molecular weight excluding hydrogens is 548 g/mol. The van der Waals surface area contributed by atoms with Crippen LogP contribution in [0.5, 0.6) is 0 Å². The molecule has 0 aliphatic heterocycles. The summed E-state index contributed by atoms with van der Waals surface area (Å²) in [5.74, 6) is -0.623. The predicted molar refractivity (Wildman–Crippen MR) is 186 cm³/mol. The summed E-state index contributed by atoms with van der Waals surface area (Å²) in [6, 6.07) is 0. The number of Topliss-reactive ketones (excluding diaryl/α,β-unsaturated/α-hetero) is 2. The fourth-order valence-corrected chi connectivity index (χ4v) is 4.94. The van der Waals surface area contributed by atoms with Crippen LogP contribution in [0.15, 0.2) is 48.6 Å². The molecule has 0 atom stereocenters. The van der Waals surface area contributed by atoms with Crippen molar-refractivity contribution in [1.29, 1.82) is 0 Å².